The van der Waals surface area contributed by atoms with Gasteiger partial charge in [0, 0.05) is 37.7 Å². The molecule has 2 aromatic heterocycles. The average Bonchev–Trinajstić information content (AvgIpc) is 3.23. The van der Waals surface area contributed by atoms with Gasteiger partial charge in [0.2, 0.25) is 6.39 Å². The van der Waals surface area contributed by atoms with Gasteiger partial charge in [0.15, 0.2) is 5.82 Å². The van der Waals surface area contributed by atoms with Crippen molar-refractivity contribution in [1.82, 2.24) is 25.0 Å². The lowest BCUT2D eigenvalue weighted by molar-refractivity contribution is 0.293. The minimum absolute atomic E-state index is 0.0503. The van der Waals surface area contributed by atoms with Crippen LogP contribution in [0.25, 0.3) is 0 Å². The van der Waals surface area contributed by atoms with Gasteiger partial charge in [-0.05, 0) is 11.8 Å². The Labute approximate surface area is 142 Å². The Bertz CT molecular complexity index is 681. The number of hydrogen-bond donors (Lipinski definition) is 0. The molecule has 2 aliphatic rings. The largest absolute Gasteiger partial charge is 0.356 e. The van der Waals surface area contributed by atoms with E-state index in [0.29, 0.717) is 11.8 Å². The number of fused-ring (bicyclic) bond motifs is 1. The van der Waals surface area contributed by atoms with Crippen molar-refractivity contribution >= 4 is 5.82 Å². The Hall–Kier alpha value is -2.02. The van der Waals surface area contributed by atoms with Crippen LogP contribution in [0.15, 0.2) is 23.3 Å². The van der Waals surface area contributed by atoms with Crippen molar-refractivity contribution < 1.29 is 4.52 Å². The molecule has 0 spiro atoms. The maximum absolute atomic E-state index is 4.82. The van der Waals surface area contributed by atoms with E-state index in [1.165, 1.54) is 6.39 Å². The molecule has 2 saturated heterocycles. The van der Waals surface area contributed by atoms with E-state index in [0.717, 1.165) is 50.1 Å². The summed E-state index contributed by atoms with van der Waals surface area (Å²) in [4.78, 5) is 17.9. The molecule has 128 valence electrons. The second-order valence-corrected chi connectivity index (χ2v) is 7.98. The number of rotatable bonds is 3. The Morgan fingerprint density at radius 1 is 1.08 bits per heavy atom. The first-order chi connectivity index (χ1) is 11.5. The minimum atomic E-state index is 0.0503. The van der Waals surface area contributed by atoms with Gasteiger partial charge in [-0.1, -0.05) is 25.9 Å². The molecule has 0 aliphatic carbocycles. The average molecular weight is 328 g/mol. The van der Waals surface area contributed by atoms with E-state index < -0.39 is 0 Å². The summed E-state index contributed by atoms with van der Waals surface area (Å²) >= 11 is 0. The van der Waals surface area contributed by atoms with Gasteiger partial charge in [0.25, 0.3) is 0 Å². The van der Waals surface area contributed by atoms with E-state index >= 15 is 0 Å². The van der Waals surface area contributed by atoms with Crippen LogP contribution < -0.4 is 4.90 Å². The van der Waals surface area contributed by atoms with Crippen molar-refractivity contribution in [2.24, 2.45) is 11.8 Å². The summed E-state index contributed by atoms with van der Waals surface area (Å²) < 4.78 is 4.82. The van der Waals surface area contributed by atoms with Crippen LogP contribution in [0.3, 0.4) is 0 Å². The van der Waals surface area contributed by atoms with Gasteiger partial charge in [-0.2, -0.15) is 4.98 Å². The molecule has 7 nitrogen and oxygen atoms in total. The predicted molar refractivity (Wildman–Crippen MR) is 89.5 cm³/mol. The van der Waals surface area contributed by atoms with E-state index in [4.69, 9.17) is 4.52 Å². The molecule has 0 bridgehead atoms. The van der Waals surface area contributed by atoms with Gasteiger partial charge >= 0.3 is 0 Å². The normalized spacial score (nSPS) is 24.5. The summed E-state index contributed by atoms with van der Waals surface area (Å²) in [5.41, 5.74) is 1.15. The summed E-state index contributed by atoms with van der Waals surface area (Å²) in [6.45, 7) is 11.7. The number of likely N-dealkylation sites (tertiary alicyclic amines) is 1. The molecule has 4 rings (SSSR count). The highest BCUT2D eigenvalue weighted by atomic mass is 16.5. The molecule has 0 saturated carbocycles. The van der Waals surface area contributed by atoms with Gasteiger partial charge in [0.05, 0.1) is 12.2 Å². The van der Waals surface area contributed by atoms with Gasteiger partial charge in [-0.15, -0.1) is 0 Å². The van der Waals surface area contributed by atoms with Crippen LogP contribution in [0.4, 0.5) is 5.82 Å². The maximum atomic E-state index is 4.82. The topological polar surface area (TPSA) is 71.2 Å². The third-order valence-electron chi connectivity index (χ3n) is 5.08. The first-order valence-corrected chi connectivity index (χ1v) is 8.54. The molecular formula is C17H24N6O. The molecule has 0 aromatic carbocycles. The Morgan fingerprint density at radius 2 is 1.83 bits per heavy atom. The van der Waals surface area contributed by atoms with Crippen LogP contribution in [0.5, 0.6) is 0 Å². The molecule has 7 heteroatoms. The van der Waals surface area contributed by atoms with Crippen LogP contribution in [0, 0.1) is 11.8 Å². The monoisotopic (exact) mass is 328 g/mol. The van der Waals surface area contributed by atoms with E-state index in [-0.39, 0.29) is 5.41 Å². The standard InChI is InChI=1S/C17H24N6O/c1-17(2,3)14-4-16(19-10-18-14)23-7-12-5-22(6-13(12)8-23)9-15-20-11-24-21-15/h4,10-13H,5-9H2,1-3H3. The van der Waals surface area contributed by atoms with E-state index in [2.05, 4.69) is 56.7 Å². The first kappa shape index (κ1) is 15.5. The van der Waals surface area contributed by atoms with Gasteiger partial charge in [0.1, 0.15) is 12.1 Å². The predicted octanol–water partition coefficient (Wildman–Crippen LogP) is 1.73. The lowest BCUT2D eigenvalue weighted by Crippen LogP contribution is -2.29. The van der Waals surface area contributed by atoms with E-state index in [1.807, 2.05) is 0 Å². The fourth-order valence-electron chi connectivity index (χ4n) is 3.80. The highest BCUT2D eigenvalue weighted by molar-refractivity contribution is 5.42. The van der Waals surface area contributed by atoms with Crippen LogP contribution in [0.2, 0.25) is 0 Å². The molecule has 24 heavy (non-hydrogen) atoms. The van der Waals surface area contributed by atoms with Crippen LogP contribution >= 0.6 is 0 Å². The fraction of sp³-hybridized carbons (Fsp3) is 0.647. The zero-order valence-electron chi connectivity index (χ0n) is 14.5. The maximum Gasteiger partial charge on any atom is 0.213 e. The molecule has 2 fully saturated rings. The van der Waals surface area contributed by atoms with Crippen molar-refractivity contribution in [2.75, 3.05) is 31.1 Å². The lowest BCUT2D eigenvalue weighted by atomic mass is 9.92. The number of aromatic nitrogens is 4. The van der Waals surface area contributed by atoms with Crippen molar-refractivity contribution in [3.63, 3.8) is 0 Å². The number of nitrogens with zero attached hydrogens (tertiary/aromatic N) is 6. The van der Waals surface area contributed by atoms with Crippen molar-refractivity contribution in [3.8, 4) is 0 Å². The van der Waals surface area contributed by atoms with Crippen molar-refractivity contribution in [2.45, 2.75) is 32.7 Å². The van der Waals surface area contributed by atoms with Crippen molar-refractivity contribution in [1.29, 1.82) is 0 Å². The molecule has 4 heterocycles. The van der Waals surface area contributed by atoms with Crippen LogP contribution in [0.1, 0.15) is 32.3 Å². The van der Waals surface area contributed by atoms with Gasteiger partial charge < -0.3 is 9.42 Å². The molecule has 2 atom stereocenters. The van der Waals surface area contributed by atoms with Crippen LogP contribution in [-0.2, 0) is 12.0 Å². The molecule has 0 amide bonds. The SMILES string of the molecule is CC(C)(C)c1cc(N2CC3CN(Cc4ncon4)CC3C2)ncn1. The second kappa shape index (κ2) is 5.81. The van der Waals surface area contributed by atoms with Crippen molar-refractivity contribution in [3.05, 3.63) is 30.3 Å². The zero-order chi connectivity index (χ0) is 16.7. The van der Waals surface area contributed by atoms with Crippen LogP contribution in [-0.4, -0.2) is 51.2 Å². The number of hydrogen-bond acceptors (Lipinski definition) is 7. The van der Waals surface area contributed by atoms with Gasteiger partial charge in [-0.3, -0.25) is 4.90 Å². The quantitative estimate of drug-likeness (QED) is 0.849. The van der Waals surface area contributed by atoms with Gasteiger partial charge in [-0.25, -0.2) is 9.97 Å². The lowest BCUT2D eigenvalue weighted by Gasteiger charge is -2.23. The summed E-state index contributed by atoms with van der Waals surface area (Å²) in [6, 6.07) is 2.15. The molecule has 0 N–H and O–H groups in total. The summed E-state index contributed by atoms with van der Waals surface area (Å²) in [6.07, 6.45) is 3.10. The highest BCUT2D eigenvalue weighted by Gasteiger charge is 2.40. The highest BCUT2D eigenvalue weighted by Crippen LogP contribution is 2.34. The molecule has 2 unspecified atom stereocenters. The third-order valence-corrected chi connectivity index (χ3v) is 5.08. The first-order valence-electron chi connectivity index (χ1n) is 8.54. The Balaban J connectivity index is 1.41. The third kappa shape index (κ3) is 3.00. The molecule has 2 aromatic rings. The fourth-order valence-corrected chi connectivity index (χ4v) is 3.80. The molecule has 0 radical (unpaired) electrons. The summed E-state index contributed by atoms with van der Waals surface area (Å²) in [5, 5.41) is 3.91. The minimum Gasteiger partial charge on any atom is -0.356 e. The summed E-state index contributed by atoms with van der Waals surface area (Å²) in [5.74, 6) is 3.21. The van der Waals surface area contributed by atoms with E-state index in [1.54, 1.807) is 6.33 Å². The molecule has 2 aliphatic heterocycles. The summed E-state index contributed by atoms with van der Waals surface area (Å²) in [7, 11) is 0. The Kier molecular flexibility index (Phi) is 3.75. The smallest absolute Gasteiger partial charge is 0.213 e. The van der Waals surface area contributed by atoms with E-state index in [9.17, 15) is 0 Å². The zero-order valence-corrected chi connectivity index (χ0v) is 14.5. The molecular weight excluding hydrogens is 304 g/mol. The Morgan fingerprint density at radius 3 is 2.46 bits per heavy atom. The number of anilines is 1. The second-order valence-electron chi connectivity index (χ2n) is 7.98.